The van der Waals surface area contributed by atoms with E-state index in [1.807, 2.05) is 13.8 Å². The van der Waals surface area contributed by atoms with Gasteiger partial charge in [-0.05, 0) is 32.0 Å². The Bertz CT molecular complexity index is 1040. The summed E-state index contributed by atoms with van der Waals surface area (Å²) in [6.07, 6.45) is 0. The Labute approximate surface area is 161 Å². The largest absolute Gasteiger partial charge is 0.332 e. The van der Waals surface area contributed by atoms with Crippen LogP contribution in [0.15, 0.2) is 30.3 Å². The second kappa shape index (κ2) is 7.36. The van der Waals surface area contributed by atoms with Gasteiger partial charge in [0, 0.05) is 19.8 Å². The number of aryl methyl sites for hydroxylation is 3. The maximum Gasteiger partial charge on any atom is 0.254 e. The Morgan fingerprint density at radius 1 is 1.26 bits per heavy atom. The van der Waals surface area contributed by atoms with Crippen molar-refractivity contribution in [3.8, 4) is 0 Å². The lowest BCUT2D eigenvalue weighted by Crippen LogP contribution is -2.35. The van der Waals surface area contributed by atoms with Crippen molar-refractivity contribution in [2.45, 2.75) is 13.8 Å². The van der Waals surface area contributed by atoms with Crippen LogP contribution in [0.3, 0.4) is 0 Å². The van der Waals surface area contributed by atoms with Gasteiger partial charge in [-0.3, -0.25) is 14.3 Å². The zero-order valence-corrected chi connectivity index (χ0v) is 16.3. The summed E-state index contributed by atoms with van der Waals surface area (Å²) in [5.41, 5.74) is 3.07. The number of halogens is 1. The summed E-state index contributed by atoms with van der Waals surface area (Å²) >= 11 is 6.05. The molecular formula is C19H20ClN5O2. The van der Waals surface area contributed by atoms with Gasteiger partial charge >= 0.3 is 0 Å². The number of benzene rings is 1. The summed E-state index contributed by atoms with van der Waals surface area (Å²) in [5, 5.41) is 8.21. The molecule has 0 saturated carbocycles. The molecule has 27 heavy (non-hydrogen) atoms. The number of anilines is 1. The van der Waals surface area contributed by atoms with Crippen molar-refractivity contribution in [1.29, 1.82) is 0 Å². The van der Waals surface area contributed by atoms with E-state index in [1.54, 1.807) is 49.1 Å². The molecule has 0 aliphatic heterocycles. The van der Waals surface area contributed by atoms with Gasteiger partial charge in [0.25, 0.3) is 5.91 Å². The topological polar surface area (TPSA) is 80.1 Å². The molecule has 8 heteroatoms. The number of likely N-dealkylation sites (N-methyl/N-ethyl adjacent to an activating group) is 1. The fourth-order valence-corrected chi connectivity index (χ4v) is 3.17. The van der Waals surface area contributed by atoms with E-state index in [1.165, 1.54) is 4.90 Å². The van der Waals surface area contributed by atoms with Gasteiger partial charge in [-0.25, -0.2) is 4.98 Å². The van der Waals surface area contributed by atoms with Gasteiger partial charge < -0.3 is 10.2 Å². The summed E-state index contributed by atoms with van der Waals surface area (Å²) in [4.78, 5) is 31.1. The van der Waals surface area contributed by atoms with Gasteiger partial charge in [-0.2, -0.15) is 5.10 Å². The zero-order chi connectivity index (χ0) is 19.7. The van der Waals surface area contributed by atoms with Crippen molar-refractivity contribution in [1.82, 2.24) is 19.7 Å². The Morgan fingerprint density at radius 3 is 2.67 bits per heavy atom. The first-order valence-corrected chi connectivity index (χ1v) is 8.76. The maximum atomic E-state index is 13.0. The average Bonchev–Trinajstić information content (AvgIpc) is 2.89. The molecular weight excluding hydrogens is 366 g/mol. The predicted molar refractivity (Wildman–Crippen MR) is 105 cm³/mol. The number of nitrogens with one attached hydrogen (secondary N) is 1. The summed E-state index contributed by atoms with van der Waals surface area (Å²) in [6, 6.07) is 8.67. The standard InChI is InChI=1S/C19H20ClN5O2/c1-11-9-13(17-12(2)23-25(4)18(17)21-11)19(27)24(3)10-16(26)22-15-8-6-5-7-14(15)20/h5-9H,10H2,1-4H3,(H,22,26). The third kappa shape index (κ3) is 3.78. The van der Waals surface area contributed by atoms with Gasteiger partial charge in [0.2, 0.25) is 5.91 Å². The molecule has 140 valence electrons. The van der Waals surface area contributed by atoms with Crippen LogP contribution < -0.4 is 5.32 Å². The molecule has 2 heterocycles. The Hall–Kier alpha value is -2.93. The van der Waals surface area contributed by atoms with Crippen molar-refractivity contribution in [2.24, 2.45) is 7.05 Å². The highest BCUT2D eigenvalue weighted by atomic mass is 35.5. The van der Waals surface area contributed by atoms with E-state index in [9.17, 15) is 9.59 Å². The molecule has 0 spiro atoms. The lowest BCUT2D eigenvalue weighted by Gasteiger charge is -2.18. The number of para-hydroxylation sites is 1. The molecule has 0 bridgehead atoms. The summed E-state index contributed by atoms with van der Waals surface area (Å²) in [5.74, 6) is -0.597. The third-order valence-corrected chi connectivity index (χ3v) is 4.53. The molecule has 0 aliphatic carbocycles. The van der Waals surface area contributed by atoms with E-state index in [-0.39, 0.29) is 18.4 Å². The number of hydrogen-bond donors (Lipinski definition) is 1. The summed E-state index contributed by atoms with van der Waals surface area (Å²) in [7, 11) is 3.37. The Morgan fingerprint density at radius 2 is 1.96 bits per heavy atom. The number of pyridine rings is 1. The van der Waals surface area contributed by atoms with Gasteiger partial charge in [0.1, 0.15) is 0 Å². The second-order valence-corrected chi connectivity index (χ2v) is 6.82. The van der Waals surface area contributed by atoms with E-state index >= 15 is 0 Å². The predicted octanol–water partition coefficient (Wildman–Crippen LogP) is 2.95. The highest BCUT2D eigenvalue weighted by molar-refractivity contribution is 6.33. The molecule has 2 aromatic heterocycles. The molecule has 7 nitrogen and oxygen atoms in total. The first-order valence-electron chi connectivity index (χ1n) is 8.38. The molecule has 1 N–H and O–H groups in total. The summed E-state index contributed by atoms with van der Waals surface area (Å²) in [6.45, 7) is 3.55. The molecule has 0 saturated heterocycles. The van der Waals surface area contributed by atoms with Crippen LogP contribution in [0.1, 0.15) is 21.7 Å². The number of fused-ring (bicyclic) bond motifs is 1. The first-order chi connectivity index (χ1) is 12.8. The van der Waals surface area contributed by atoms with Crippen molar-refractivity contribution in [3.05, 3.63) is 52.3 Å². The number of aromatic nitrogens is 3. The summed E-state index contributed by atoms with van der Waals surface area (Å²) < 4.78 is 1.65. The Balaban J connectivity index is 1.83. The molecule has 1 aromatic carbocycles. The minimum Gasteiger partial charge on any atom is -0.332 e. The van der Waals surface area contributed by atoms with Crippen molar-refractivity contribution < 1.29 is 9.59 Å². The fraction of sp³-hybridized carbons (Fsp3) is 0.263. The first kappa shape index (κ1) is 18.8. The quantitative estimate of drug-likeness (QED) is 0.748. The van der Waals surface area contributed by atoms with Crippen LogP contribution in [0.2, 0.25) is 5.02 Å². The van der Waals surface area contributed by atoms with Crippen LogP contribution in [-0.4, -0.2) is 45.1 Å². The fourth-order valence-electron chi connectivity index (χ4n) is 2.98. The van der Waals surface area contributed by atoms with Gasteiger partial charge in [0.05, 0.1) is 33.9 Å². The van der Waals surface area contributed by atoms with E-state index < -0.39 is 0 Å². The number of carbonyl (C=O) groups excluding carboxylic acids is 2. The number of hydrogen-bond acceptors (Lipinski definition) is 4. The van der Waals surface area contributed by atoms with E-state index in [2.05, 4.69) is 15.4 Å². The minimum atomic E-state index is -0.330. The number of carbonyl (C=O) groups is 2. The van der Waals surface area contributed by atoms with E-state index in [4.69, 9.17) is 11.6 Å². The molecule has 0 radical (unpaired) electrons. The Kier molecular flexibility index (Phi) is 5.14. The normalized spacial score (nSPS) is 10.9. The highest BCUT2D eigenvalue weighted by Crippen LogP contribution is 2.23. The second-order valence-electron chi connectivity index (χ2n) is 6.41. The van der Waals surface area contributed by atoms with Gasteiger partial charge in [0.15, 0.2) is 5.65 Å². The van der Waals surface area contributed by atoms with Crippen LogP contribution in [0.4, 0.5) is 5.69 Å². The van der Waals surface area contributed by atoms with Gasteiger partial charge in [-0.1, -0.05) is 23.7 Å². The van der Waals surface area contributed by atoms with Crippen LogP contribution in [-0.2, 0) is 11.8 Å². The third-order valence-electron chi connectivity index (χ3n) is 4.20. The molecule has 0 atom stereocenters. The minimum absolute atomic E-state index is 0.105. The number of rotatable bonds is 4. The number of nitrogens with zero attached hydrogens (tertiary/aromatic N) is 4. The highest BCUT2D eigenvalue weighted by Gasteiger charge is 2.22. The molecule has 3 aromatic rings. The van der Waals surface area contributed by atoms with Crippen LogP contribution in [0.25, 0.3) is 11.0 Å². The molecule has 0 aliphatic rings. The molecule has 0 fully saturated rings. The smallest absolute Gasteiger partial charge is 0.254 e. The van der Waals surface area contributed by atoms with Crippen molar-refractivity contribution >= 4 is 40.1 Å². The van der Waals surface area contributed by atoms with Crippen LogP contribution >= 0.6 is 11.6 Å². The van der Waals surface area contributed by atoms with Gasteiger partial charge in [-0.15, -0.1) is 0 Å². The number of amides is 2. The molecule has 0 unspecified atom stereocenters. The monoisotopic (exact) mass is 385 g/mol. The van der Waals surface area contributed by atoms with E-state index in [0.29, 0.717) is 33.0 Å². The molecule has 2 amide bonds. The van der Waals surface area contributed by atoms with Crippen molar-refractivity contribution in [2.75, 3.05) is 18.9 Å². The lowest BCUT2D eigenvalue weighted by atomic mass is 10.1. The van der Waals surface area contributed by atoms with E-state index in [0.717, 1.165) is 5.69 Å². The molecule has 3 rings (SSSR count). The lowest BCUT2D eigenvalue weighted by molar-refractivity contribution is -0.116. The van der Waals surface area contributed by atoms with Crippen molar-refractivity contribution in [3.63, 3.8) is 0 Å². The average molecular weight is 386 g/mol. The maximum absolute atomic E-state index is 13.0. The SMILES string of the molecule is Cc1cc(C(=O)N(C)CC(=O)Nc2ccccc2Cl)c2c(C)nn(C)c2n1. The van der Waals surface area contributed by atoms with Crippen LogP contribution in [0.5, 0.6) is 0 Å². The zero-order valence-electron chi connectivity index (χ0n) is 15.6. The van der Waals surface area contributed by atoms with Crippen LogP contribution in [0, 0.1) is 13.8 Å².